The first-order valence-electron chi connectivity index (χ1n) is 8.63. The number of benzene rings is 2. The number of Topliss-reactive ketones (excluding diaryl/α,β-unsaturated/α-hetero) is 1. The van der Waals surface area contributed by atoms with Gasteiger partial charge in [0.2, 0.25) is 0 Å². The lowest BCUT2D eigenvalue weighted by atomic mass is 10.1. The highest BCUT2D eigenvalue weighted by Crippen LogP contribution is 2.23. The Bertz CT molecular complexity index is 1070. The first-order chi connectivity index (χ1) is 13.3. The summed E-state index contributed by atoms with van der Waals surface area (Å²) >= 11 is 6.16. The van der Waals surface area contributed by atoms with E-state index in [-0.39, 0.29) is 11.5 Å². The first kappa shape index (κ1) is 19.5. The number of rotatable bonds is 5. The summed E-state index contributed by atoms with van der Waals surface area (Å²) in [7, 11) is 0. The highest BCUT2D eigenvalue weighted by atomic mass is 35.5. The minimum Gasteiger partial charge on any atom is -0.340 e. The van der Waals surface area contributed by atoms with Crippen molar-refractivity contribution >= 4 is 40.5 Å². The Labute approximate surface area is 168 Å². The predicted molar refractivity (Wildman–Crippen MR) is 111 cm³/mol. The third kappa shape index (κ3) is 4.72. The number of amides is 1. The van der Waals surface area contributed by atoms with Crippen LogP contribution in [0.4, 0.5) is 17.2 Å². The Morgan fingerprint density at radius 1 is 0.964 bits per heavy atom. The molecule has 0 fully saturated rings. The molecule has 1 heterocycles. The monoisotopic (exact) mass is 394 g/mol. The smallest absolute Gasteiger partial charge is 0.274 e. The van der Waals surface area contributed by atoms with Crippen molar-refractivity contribution in [1.82, 2.24) is 9.97 Å². The molecule has 2 N–H and O–H groups in total. The molecule has 7 heteroatoms. The number of hydrogen-bond donors (Lipinski definition) is 2. The lowest BCUT2D eigenvalue weighted by Crippen LogP contribution is -2.15. The maximum absolute atomic E-state index is 12.6. The van der Waals surface area contributed by atoms with Gasteiger partial charge >= 0.3 is 0 Å². The zero-order valence-corrected chi connectivity index (χ0v) is 16.5. The van der Waals surface area contributed by atoms with Crippen LogP contribution in [0.5, 0.6) is 0 Å². The minimum absolute atomic E-state index is 0.0720. The van der Waals surface area contributed by atoms with E-state index >= 15 is 0 Å². The molecule has 1 amide bonds. The number of carbonyl (C=O) groups excluding carboxylic acids is 2. The summed E-state index contributed by atoms with van der Waals surface area (Å²) in [6.45, 7) is 5.11. The number of aromatic nitrogens is 2. The van der Waals surface area contributed by atoms with Crippen molar-refractivity contribution in [2.75, 3.05) is 10.6 Å². The molecular formula is C21H19ClN4O2. The van der Waals surface area contributed by atoms with E-state index in [1.165, 1.54) is 6.92 Å². The molecule has 3 aromatic rings. The maximum Gasteiger partial charge on any atom is 0.274 e. The normalized spacial score (nSPS) is 10.4. The molecule has 0 unspecified atom stereocenters. The molecule has 1 aromatic heterocycles. The van der Waals surface area contributed by atoms with Gasteiger partial charge in [-0.3, -0.25) is 9.59 Å². The number of nitrogens with one attached hydrogen (secondary N) is 2. The number of hydrogen-bond acceptors (Lipinski definition) is 5. The number of carbonyl (C=O) groups is 2. The van der Waals surface area contributed by atoms with E-state index < -0.39 is 5.91 Å². The summed E-state index contributed by atoms with van der Waals surface area (Å²) < 4.78 is 0. The summed E-state index contributed by atoms with van der Waals surface area (Å²) in [5.41, 5.74) is 2.98. The van der Waals surface area contributed by atoms with Crippen molar-refractivity contribution in [2.45, 2.75) is 20.8 Å². The molecule has 0 atom stereocenters. The molecule has 0 bridgehead atoms. The lowest BCUT2D eigenvalue weighted by molar-refractivity contribution is 0.100. The Morgan fingerprint density at radius 3 is 2.46 bits per heavy atom. The topological polar surface area (TPSA) is 84.0 Å². The van der Waals surface area contributed by atoms with E-state index in [9.17, 15) is 9.59 Å². The predicted octanol–water partition coefficient (Wildman–Crippen LogP) is 4.95. The summed E-state index contributed by atoms with van der Waals surface area (Å²) in [5.74, 6) is 0.467. The zero-order chi connectivity index (χ0) is 20.3. The molecule has 0 spiro atoms. The highest BCUT2D eigenvalue weighted by molar-refractivity contribution is 6.31. The van der Waals surface area contributed by atoms with Crippen molar-refractivity contribution in [3.8, 4) is 0 Å². The molecule has 2 aromatic carbocycles. The summed E-state index contributed by atoms with van der Waals surface area (Å²) in [5, 5.41) is 6.53. The quantitative estimate of drug-likeness (QED) is 0.598. The Hall–Kier alpha value is -3.25. The first-order valence-corrected chi connectivity index (χ1v) is 9.01. The van der Waals surface area contributed by atoms with Crippen LogP contribution < -0.4 is 10.6 Å². The molecule has 0 saturated heterocycles. The molecule has 3 rings (SSSR count). The molecule has 0 aliphatic carbocycles. The number of nitrogens with zero attached hydrogens (tertiary/aromatic N) is 2. The summed E-state index contributed by atoms with van der Waals surface area (Å²) in [6.07, 6.45) is 0. The Balaban J connectivity index is 1.82. The van der Waals surface area contributed by atoms with Gasteiger partial charge in [-0.05, 0) is 50.6 Å². The van der Waals surface area contributed by atoms with Crippen LogP contribution in [0.25, 0.3) is 0 Å². The van der Waals surface area contributed by atoms with Gasteiger partial charge in [-0.25, -0.2) is 9.97 Å². The molecule has 0 saturated carbocycles. The second-order valence-electron chi connectivity index (χ2n) is 6.37. The van der Waals surface area contributed by atoms with Crippen molar-refractivity contribution in [2.24, 2.45) is 0 Å². The van der Waals surface area contributed by atoms with Crippen LogP contribution in [-0.4, -0.2) is 21.7 Å². The van der Waals surface area contributed by atoms with E-state index in [1.807, 2.05) is 19.1 Å². The van der Waals surface area contributed by atoms with Gasteiger partial charge in [0.1, 0.15) is 17.3 Å². The van der Waals surface area contributed by atoms with E-state index in [4.69, 9.17) is 11.6 Å². The molecular weight excluding hydrogens is 376 g/mol. The average Bonchev–Trinajstić information content (AvgIpc) is 2.64. The third-order valence-corrected chi connectivity index (χ3v) is 4.45. The summed E-state index contributed by atoms with van der Waals surface area (Å²) in [4.78, 5) is 32.6. The van der Waals surface area contributed by atoms with Gasteiger partial charge in [-0.2, -0.15) is 0 Å². The molecule has 6 nitrogen and oxygen atoms in total. The van der Waals surface area contributed by atoms with Crippen molar-refractivity contribution in [3.05, 3.63) is 76.2 Å². The number of ketones is 1. The van der Waals surface area contributed by atoms with Gasteiger partial charge in [-0.15, -0.1) is 0 Å². The SMILES string of the molecule is CC(=O)c1cccc(NC(=O)c2cc(Nc3ccc(C)c(Cl)c3)nc(C)n2)c1. The third-order valence-electron chi connectivity index (χ3n) is 4.04. The maximum atomic E-state index is 12.6. The lowest BCUT2D eigenvalue weighted by Gasteiger charge is -2.10. The fourth-order valence-corrected chi connectivity index (χ4v) is 2.76. The van der Waals surface area contributed by atoms with Crippen LogP contribution in [0, 0.1) is 13.8 Å². The Kier molecular flexibility index (Phi) is 5.70. The van der Waals surface area contributed by atoms with Gasteiger partial charge in [0.15, 0.2) is 5.78 Å². The van der Waals surface area contributed by atoms with Gasteiger partial charge in [0.25, 0.3) is 5.91 Å². The second-order valence-corrected chi connectivity index (χ2v) is 6.77. The van der Waals surface area contributed by atoms with Crippen LogP contribution in [-0.2, 0) is 0 Å². The van der Waals surface area contributed by atoms with Crippen LogP contribution in [0.2, 0.25) is 5.02 Å². The standard InChI is InChI=1S/C21H19ClN4O2/c1-12-7-8-17(10-18(12)22)25-20-11-19(23-14(3)24-20)21(28)26-16-6-4-5-15(9-16)13(2)27/h4-11H,1-3H3,(H,26,28)(H,23,24,25). The molecule has 0 radical (unpaired) electrons. The minimum atomic E-state index is -0.392. The Morgan fingerprint density at radius 2 is 1.75 bits per heavy atom. The number of aryl methyl sites for hydroxylation is 2. The van der Waals surface area contributed by atoms with E-state index in [2.05, 4.69) is 20.6 Å². The van der Waals surface area contributed by atoms with Crippen LogP contribution in [0.3, 0.4) is 0 Å². The van der Waals surface area contributed by atoms with Crippen molar-refractivity contribution in [3.63, 3.8) is 0 Å². The average molecular weight is 395 g/mol. The van der Waals surface area contributed by atoms with Gasteiger partial charge in [0.05, 0.1) is 0 Å². The zero-order valence-electron chi connectivity index (χ0n) is 15.7. The van der Waals surface area contributed by atoms with Crippen LogP contribution >= 0.6 is 11.6 Å². The molecule has 0 aliphatic heterocycles. The van der Waals surface area contributed by atoms with Crippen molar-refractivity contribution in [1.29, 1.82) is 0 Å². The van der Waals surface area contributed by atoms with E-state index in [0.29, 0.717) is 27.9 Å². The van der Waals surface area contributed by atoms with E-state index in [0.717, 1.165) is 11.3 Å². The molecule has 0 aliphatic rings. The largest absolute Gasteiger partial charge is 0.340 e. The fourth-order valence-electron chi connectivity index (χ4n) is 2.58. The fraction of sp³-hybridized carbons (Fsp3) is 0.143. The van der Waals surface area contributed by atoms with Gasteiger partial charge in [-0.1, -0.05) is 29.8 Å². The highest BCUT2D eigenvalue weighted by Gasteiger charge is 2.12. The van der Waals surface area contributed by atoms with Gasteiger partial charge in [0, 0.05) is 28.0 Å². The van der Waals surface area contributed by atoms with Crippen LogP contribution in [0.15, 0.2) is 48.5 Å². The van der Waals surface area contributed by atoms with Crippen molar-refractivity contribution < 1.29 is 9.59 Å². The second kappa shape index (κ2) is 8.19. The summed E-state index contributed by atoms with van der Waals surface area (Å²) in [6, 6.07) is 13.9. The van der Waals surface area contributed by atoms with Crippen LogP contribution in [0.1, 0.15) is 39.2 Å². The number of halogens is 1. The number of anilines is 3. The van der Waals surface area contributed by atoms with E-state index in [1.54, 1.807) is 43.3 Å². The molecule has 28 heavy (non-hydrogen) atoms. The molecule has 142 valence electrons. The van der Waals surface area contributed by atoms with Gasteiger partial charge < -0.3 is 10.6 Å².